The number of aliphatic hydroxyl groups is 1. The summed E-state index contributed by atoms with van der Waals surface area (Å²) in [5.41, 5.74) is 5.04. The summed E-state index contributed by atoms with van der Waals surface area (Å²) in [6, 6.07) is 0. The number of nitrogens with two attached hydrogens (primary N) is 1. The minimum Gasteiger partial charge on any atom is -0.461 e. The van der Waals surface area contributed by atoms with Crippen LogP contribution in [0.1, 0.15) is 82.1 Å². The summed E-state index contributed by atoms with van der Waals surface area (Å²) >= 11 is 0. The molecule has 0 rings (SSSR count). The van der Waals surface area contributed by atoms with Gasteiger partial charge in [0.05, 0.1) is 6.10 Å². The Kier molecular flexibility index (Phi) is 6.91. The second-order valence-corrected chi connectivity index (χ2v) is 10.0. The van der Waals surface area contributed by atoms with E-state index in [0.29, 0.717) is 12.8 Å². The number of esters is 1. The molecule has 23 heavy (non-hydrogen) atoms. The van der Waals surface area contributed by atoms with E-state index in [-0.39, 0.29) is 22.2 Å². The number of ether oxygens (including phenoxy) is 1. The fraction of sp³-hybridized carbons (Fsp3) is 0.947. The molecule has 0 aliphatic heterocycles. The average molecular weight is 330 g/mol. The van der Waals surface area contributed by atoms with Crippen LogP contribution in [0.3, 0.4) is 0 Å². The number of aliphatic hydroxyl groups excluding tert-OH is 1. The third kappa shape index (κ3) is 6.80. The third-order valence-corrected chi connectivity index (χ3v) is 5.22. The molecule has 0 amide bonds. The van der Waals surface area contributed by atoms with Crippen molar-refractivity contribution in [3.8, 4) is 0 Å². The molecule has 0 aliphatic rings. The highest BCUT2D eigenvalue weighted by Gasteiger charge is 2.46. The van der Waals surface area contributed by atoms with Crippen LogP contribution < -0.4 is 5.73 Å². The van der Waals surface area contributed by atoms with Gasteiger partial charge in [-0.1, -0.05) is 48.5 Å². The Hall–Kier alpha value is -0.610. The number of carbonyl (C=O) groups excluding carboxylic acids is 1. The maximum absolute atomic E-state index is 11.4. The molecule has 0 spiro atoms. The van der Waals surface area contributed by atoms with Crippen LogP contribution >= 0.6 is 0 Å². The number of hydrogen-bond donors (Lipinski definition) is 2. The van der Waals surface area contributed by atoms with Gasteiger partial charge >= 0.3 is 5.97 Å². The van der Waals surface area contributed by atoms with E-state index in [1.165, 1.54) is 6.92 Å². The Balaban J connectivity index is 5.37. The van der Waals surface area contributed by atoms with E-state index in [2.05, 4.69) is 48.5 Å². The first-order valence-corrected chi connectivity index (χ1v) is 8.54. The highest BCUT2D eigenvalue weighted by Crippen LogP contribution is 2.48. The summed E-state index contributed by atoms with van der Waals surface area (Å²) in [5, 5.41) is 10.8. The molecule has 0 radical (unpaired) electrons. The van der Waals surface area contributed by atoms with Gasteiger partial charge in [-0.15, -0.1) is 0 Å². The average Bonchev–Trinajstić information content (AvgIpc) is 2.22. The lowest BCUT2D eigenvalue weighted by molar-refractivity contribution is -0.154. The van der Waals surface area contributed by atoms with Gasteiger partial charge in [0.15, 0.2) is 0 Å². The van der Waals surface area contributed by atoms with Crippen molar-refractivity contribution in [1.82, 2.24) is 0 Å². The smallest absolute Gasteiger partial charge is 0.302 e. The molecule has 0 aliphatic carbocycles. The van der Waals surface area contributed by atoms with Gasteiger partial charge in [-0.3, -0.25) is 4.79 Å². The number of hydrogen-bond acceptors (Lipinski definition) is 4. The van der Waals surface area contributed by atoms with Crippen molar-refractivity contribution in [1.29, 1.82) is 0 Å². The van der Waals surface area contributed by atoms with Crippen molar-refractivity contribution in [3.05, 3.63) is 0 Å². The van der Waals surface area contributed by atoms with Crippen LogP contribution in [-0.4, -0.2) is 28.8 Å². The highest BCUT2D eigenvalue weighted by molar-refractivity contribution is 5.66. The molecule has 0 saturated carbocycles. The van der Waals surface area contributed by atoms with E-state index in [1.54, 1.807) is 0 Å². The van der Waals surface area contributed by atoms with Gasteiger partial charge in [0.25, 0.3) is 0 Å². The van der Waals surface area contributed by atoms with Crippen LogP contribution in [0, 0.1) is 16.2 Å². The van der Waals surface area contributed by atoms with E-state index < -0.39 is 17.7 Å². The summed E-state index contributed by atoms with van der Waals surface area (Å²) in [6.45, 7) is 19.9. The van der Waals surface area contributed by atoms with E-state index in [4.69, 9.17) is 10.5 Å². The monoisotopic (exact) mass is 329 g/mol. The summed E-state index contributed by atoms with van der Waals surface area (Å²) in [5.74, 6) is -0.322. The van der Waals surface area contributed by atoms with Gasteiger partial charge in [-0.05, 0) is 42.9 Å². The molecule has 2 atom stereocenters. The van der Waals surface area contributed by atoms with Crippen LogP contribution in [0.4, 0.5) is 0 Å². The molecule has 4 nitrogen and oxygen atoms in total. The van der Waals surface area contributed by atoms with Crippen LogP contribution in [0.25, 0.3) is 0 Å². The maximum atomic E-state index is 11.4. The molecular weight excluding hydrogens is 290 g/mol. The van der Waals surface area contributed by atoms with Crippen LogP contribution in [-0.2, 0) is 9.53 Å². The first-order valence-electron chi connectivity index (χ1n) is 8.54. The van der Waals surface area contributed by atoms with Crippen molar-refractivity contribution in [2.45, 2.75) is 99.8 Å². The molecule has 0 aromatic carbocycles. The SMILES string of the molecule is CC(=O)OC(CC(C)(C)C(C)(C)C(O)CC(C)(C)C)C(C)(C)N. The van der Waals surface area contributed by atoms with E-state index in [0.717, 1.165) is 0 Å². The van der Waals surface area contributed by atoms with Crippen molar-refractivity contribution in [2.75, 3.05) is 0 Å². The molecule has 0 saturated heterocycles. The summed E-state index contributed by atoms with van der Waals surface area (Å²) < 4.78 is 5.48. The Morgan fingerprint density at radius 3 is 1.74 bits per heavy atom. The van der Waals surface area contributed by atoms with Crippen LogP contribution in [0.2, 0.25) is 0 Å². The van der Waals surface area contributed by atoms with Crippen molar-refractivity contribution in [2.24, 2.45) is 22.0 Å². The molecule has 0 heterocycles. The highest BCUT2D eigenvalue weighted by atomic mass is 16.5. The van der Waals surface area contributed by atoms with Gasteiger partial charge in [0.1, 0.15) is 6.10 Å². The standard InChI is InChI=1S/C19H39NO3/c1-13(21)23-15(19(9,10)20)12-17(5,6)18(7,8)14(22)11-16(2,3)4/h14-15,22H,11-12,20H2,1-10H3. The second-order valence-electron chi connectivity index (χ2n) is 10.0. The van der Waals surface area contributed by atoms with Crippen LogP contribution in [0.5, 0.6) is 0 Å². The van der Waals surface area contributed by atoms with Gasteiger partial charge in [-0.25, -0.2) is 0 Å². The van der Waals surface area contributed by atoms with Gasteiger partial charge < -0.3 is 15.6 Å². The Labute approximate surface area is 143 Å². The summed E-state index contributed by atoms with van der Waals surface area (Å²) in [4.78, 5) is 11.4. The first kappa shape index (κ1) is 22.4. The normalized spacial score (nSPS) is 16.9. The maximum Gasteiger partial charge on any atom is 0.302 e. The summed E-state index contributed by atoms with van der Waals surface area (Å²) in [7, 11) is 0. The molecule has 0 aromatic heterocycles. The topological polar surface area (TPSA) is 72.5 Å². The van der Waals surface area contributed by atoms with Gasteiger partial charge in [-0.2, -0.15) is 0 Å². The minimum atomic E-state index is -0.631. The van der Waals surface area contributed by atoms with Crippen LogP contribution in [0.15, 0.2) is 0 Å². The Morgan fingerprint density at radius 2 is 1.43 bits per heavy atom. The molecule has 138 valence electrons. The minimum absolute atomic E-state index is 0.0508. The van der Waals surface area contributed by atoms with E-state index in [9.17, 15) is 9.90 Å². The van der Waals surface area contributed by atoms with Crippen molar-refractivity contribution < 1.29 is 14.6 Å². The summed E-state index contributed by atoms with van der Waals surface area (Å²) in [6.07, 6.45) is 0.477. The first-order chi connectivity index (χ1) is 9.90. The quantitative estimate of drug-likeness (QED) is 0.695. The lowest BCUT2D eigenvalue weighted by atomic mass is 9.59. The molecule has 0 fully saturated rings. The van der Waals surface area contributed by atoms with E-state index >= 15 is 0 Å². The fourth-order valence-electron chi connectivity index (χ4n) is 2.67. The predicted molar refractivity (Wildman–Crippen MR) is 96.1 cm³/mol. The molecule has 0 bridgehead atoms. The zero-order chi connectivity index (χ0) is 18.9. The molecule has 2 unspecified atom stereocenters. The van der Waals surface area contributed by atoms with E-state index in [1.807, 2.05) is 13.8 Å². The molecule has 4 heteroatoms. The Bertz CT molecular complexity index is 400. The molecular formula is C19H39NO3. The van der Waals surface area contributed by atoms with Gasteiger partial charge in [0.2, 0.25) is 0 Å². The fourth-order valence-corrected chi connectivity index (χ4v) is 2.67. The van der Waals surface area contributed by atoms with Crippen molar-refractivity contribution in [3.63, 3.8) is 0 Å². The molecule has 3 N–H and O–H groups in total. The zero-order valence-electron chi connectivity index (χ0n) is 16.9. The predicted octanol–water partition coefficient (Wildman–Crippen LogP) is 3.90. The number of rotatable bonds is 7. The third-order valence-electron chi connectivity index (χ3n) is 5.22. The largest absolute Gasteiger partial charge is 0.461 e. The number of carbonyl (C=O) groups is 1. The lowest BCUT2D eigenvalue weighted by Gasteiger charge is -2.49. The van der Waals surface area contributed by atoms with Gasteiger partial charge in [0, 0.05) is 12.5 Å². The lowest BCUT2D eigenvalue weighted by Crippen LogP contribution is -2.53. The second kappa shape index (κ2) is 7.10. The Morgan fingerprint density at radius 1 is 1.00 bits per heavy atom. The zero-order valence-corrected chi connectivity index (χ0v) is 16.9. The molecule has 0 aromatic rings. The van der Waals surface area contributed by atoms with Crippen molar-refractivity contribution >= 4 is 5.97 Å².